The van der Waals surface area contributed by atoms with E-state index < -0.39 is 0 Å². The molecule has 2 aromatic heterocycles. The van der Waals surface area contributed by atoms with E-state index in [-0.39, 0.29) is 11.9 Å². The second-order valence-corrected chi connectivity index (χ2v) is 10.2. The molecule has 3 heterocycles. The van der Waals surface area contributed by atoms with Crippen LogP contribution in [0.15, 0.2) is 66.9 Å². The van der Waals surface area contributed by atoms with Crippen LogP contribution in [0.3, 0.4) is 0 Å². The Hall–Kier alpha value is -3.09. The Morgan fingerprint density at radius 1 is 1.15 bits per heavy atom. The molecule has 1 fully saturated rings. The lowest BCUT2D eigenvalue weighted by Crippen LogP contribution is -2.44. The summed E-state index contributed by atoms with van der Waals surface area (Å²) in [6.07, 6.45) is 8.01. The second-order valence-electron chi connectivity index (χ2n) is 9.10. The number of rotatable bonds is 7. The molecule has 2 N–H and O–H groups in total. The quantitative estimate of drug-likeness (QED) is 0.352. The normalized spacial score (nSPS) is 16.0. The molecule has 2 aromatic carbocycles. The maximum absolute atomic E-state index is 13.2. The number of hydrogen-bond acceptors (Lipinski definition) is 4. The first kappa shape index (κ1) is 22.7. The highest BCUT2D eigenvalue weighted by molar-refractivity contribution is 7.20. The fraction of sp³-hybridized carbons (Fsp3) is 0.321. The topological polar surface area (TPSA) is 51.4 Å². The molecule has 5 rings (SSSR count). The molecule has 1 saturated heterocycles. The average Bonchev–Trinajstić information content (AvgIpc) is 3.47. The molecule has 0 radical (unpaired) electrons. The van der Waals surface area contributed by atoms with E-state index in [2.05, 4.69) is 88.8 Å². The smallest absolute Gasteiger partial charge is 0.261 e. The minimum absolute atomic E-state index is 0.00654. The number of hydrogen-bond donors (Lipinski definition) is 2. The summed E-state index contributed by atoms with van der Waals surface area (Å²) in [4.78, 5) is 22.2. The fourth-order valence-corrected chi connectivity index (χ4v) is 5.64. The Kier molecular flexibility index (Phi) is 6.70. The molecule has 5 nitrogen and oxygen atoms in total. The van der Waals surface area contributed by atoms with E-state index in [0.29, 0.717) is 0 Å². The van der Waals surface area contributed by atoms with E-state index in [1.165, 1.54) is 21.3 Å². The van der Waals surface area contributed by atoms with Crippen LogP contribution in [0.5, 0.6) is 0 Å². The molecule has 0 saturated carbocycles. The number of anilines is 1. The highest BCUT2D eigenvalue weighted by atomic mass is 32.1. The van der Waals surface area contributed by atoms with Gasteiger partial charge in [-0.15, -0.1) is 11.3 Å². The number of likely N-dealkylation sites (N-methyl/N-ethyl adjacent to an activating group) is 1. The fourth-order valence-electron chi connectivity index (χ4n) is 4.64. The van der Waals surface area contributed by atoms with Crippen molar-refractivity contribution < 1.29 is 4.79 Å². The van der Waals surface area contributed by atoms with Gasteiger partial charge in [0, 0.05) is 53.7 Å². The molecule has 0 spiro atoms. The van der Waals surface area contributed by atoms with Crippen molar-refractivity contribution in [2.45, 2.75) is 25.8 Å². The number of aromatic nitrogens is 1. The summed E-state index contributed by atoms with van der Waals surface area (Å²) in [6, 6.07) is 16.9. The van der Waals surface area contributed by atoms with Crippen LogP contribution in [0, 0.1) is 0 Å². The van der Waals surface area contributed by atoms with Crippen molar-refractivity contribution in [1.82, 2.24) is 15.2 Å². The highest BCUT2D eigenvalue weighted by Crippen LogP contribution is 2.30. The second kappa shape index (κ2) is 10.0. The number of fused-ring (bicyclic) bond motifs is 2. The molecule has 34 heavy (non-hydrogen) atoms. The van der Waals surface area contributed by atoms with Crippen LogP contribution < -0.4 is 10.2 Å². The number of benzene rings is 2. The average molecular weight is 473 g/mol. The molecule has 0 bridgehead atoms. The Labute approximate surface area is 205 Å². The van der Waals surface area contributed by atoms with Crippen LogP contribution in [0.2, 0.25) is 0 Å². The maximum atomic E-state index is 13.2. The zero-order valence-electron chi connectivity index (χ0n) is 19.9. The van der Waals surface area contributed by atoms with Crippen LogP contribution in [-0.2, 0) is 6.42 Å². The SMILES string of the molecule is CCC=CC(Cc1c[nH]c2ccccc12)NC(=O)c1cc2ccc(N3CCN(C)CC3)cc2s1. The molecule has 1 unspecified atom stereocenters. The Balaban J connectivity index is 1.33. The molecule has 176 valence electrons. The predicted molar refractivity (Wildman–Crippen MR) is 144 cm³/mol. The van der Waals surface area contributed by atoms with Crippen molar-refractivity contribution in [1.29, 1.82) is 0 Å². The van der Waals surface area contributed by atoms with Gasteiger partial charge in [-0.3, -0.25) is 4.79 Å². The molecule has 1 atom stereocenters. The van der Waals surface area contributed by atoms with E-state index >= 15 is 0 Å². The Bertz CT molecular complexity index is 1310. The lowest BCUT2D eigenvalue weighted by molar-refractivity contribution is 0.0948. The summed E-state index contributed by atoms with van der Waals surface area (Å²) in [5.74, 6) is -0.00654. The van der Waals surface area contributed by atoms with E-state index in [9.17, 15) is 4.79 Å². The number of carbonyl (C=O) groups is 1. The molecule has 1 aliphatic rings. The summed E-state index contributed by atoms with van der Waals surface area (Å²) in [7, 11) is 2.17. The molecule has 1 amide bonds. The molecule has 6 heteroatoms. The van der Waals surface area contributed by atoms with Gasteiger partial charge in [0.2, 0.25) is 0 Å². The van der Waals surface area contributed by atoms with E-state index in [1.807, 2.05) is 12.1 Å². The number of nitrogens with zero attached hydrogens (tertiary/aromatic N) is 2. The number of thiophene rings is 1. The van der Waals surface area contributed by atoms with Crippen molar-refractivity contribution >= 4 is 43.9 Å². The number of para-hydroxylation sites is 1. The zero-order chi connectivity index (χ0) is 23.5. The van der Waals surface area contributed by atoms with Gasteiger partial charge in [-0.25, -0.2) is 0 Å². The van der Waals surface area contributed by atoms with Gasteiger partial charge in [-0.1, -0.05) is 43.3 Å². The number of H-pyrrole nitrogens is 1. The first-order valence-electron chi connectivity index (χ1n) is 12.1. The van der Waals surface area contributed by atoms with Gasteiger partial charge >= 0.3 is 0 Å². The molecular formula is C28H32N4OS. The minimum Gasteiger partial charge on any atom is -0.369 e. The summed E-state index contributed by atoms with van der Waals surface area (Å²) < 4.78 is 1.17. The van der Waals surface area contributed by atoms with Gasteiger partial charge in [-0.2, -0.15) is 0 Å². The monoisotopic (exact) mass is 472 g/mol. The van der Waals surface area contributed by atoms with Gasteiger partial charge in [-0.05, 0) is 55.1 Å². The van der Waals surface area contributed by atoms with Crippen molar-refractivity contribution in [2.75, 3.05) is 38.1 Å². The van der Waals surface area contributed by atoms with Crippen LogP contribution in [-0.4, -0.2) is 55.1 Å². The highest BCUT2D eigenvalue weighted by Gasteiger charge is 2.18. The number of amides is 1. The van der Waals surface area contributed by atoms with Crippen molar-refractivity contribution in [3.8, 4) is 0 Å². The Morgan fingerprint density at radius 3 is 2.79 bits per heavy atom. The minimum atomic E-state index is -0.0576. The van der Waals surface area contributed by atoms with E-state index in [0.717, 1.165) is 54.8 Å². The van der Waals surface area contributed by atoms with Crippen LogP contribution in [0.1, 0.15) is 28.6 Å². The molecule has 4 aromatic rings. The number of allylic oxidation sites excluding steroid dienone is 1. The van der Waals surface area contributed by atoms with Gasteiger partial charge in [0.1, 0.15) is 0 Å². The largest absolute Gasteiger partial charge is 0.369 e. The maximum Gasteiger partial charge on any atom is 0.261 e. The van der Waals surface area contributed by atoms with Gasteiger partial charge < -0.3 is 20.1 Å². The molecule has 1 aliphatic heterocycles. The number of carbonyl (C=O) groups excluding carboxylic acids is 1. The first-order valence-corrected chi connectivity index (χ1v) is 12.9. The first-order chi connectivity index (χ1) is 16.6. The van der Waals surface area contributed by atoms with Gasteiger partial charge in [0.15, 0.2) is 0 Å². The summed E-state index contributed by atoms with van der Waals surface area (Å²) in [5.41, 5.74) is 3.59. The summed E-state index contributed by atoms with van der Waals surface area (Å²) in [6.45, 7) is 6.36. The summed E-state index contributed by atoms with van der Waals surface area (Å²) in [5, 5.41) is 5.61. The third-order valence-electron chi connectivity index (χ3n) is 6.63. The summed E-state index contributed by atoms with van der Waals surface area (Å²) >= 11 is 1.58. The third-order valence-corrected chi connectivity index (χ3v) is 7.73. The van der Waals surface area contributed by atoms with E-state index in [1.54, 1.807) is 11.3 Å². The standard InChI is InChI=1S/C28H32N4OS/c1-3-4-7-22(16-21-19-29-25-9-6-5-8-24(21)25)30-28(33)27-17-20-10-11-23(18-26(20)34-27)32-14-12-31(2)13-15-32/h4-11,17-19,22,29H,3,12-16H2,1-2H3,(H,30,33). The number of aromatic amines is 1. The predicted octanol–water partition coefficient (Wildman–Crippen LogP) is 5.44. The van der Waals surface area contributed by atoms with Gasteiger partial charge in [0.25, 0.3) is 5.91 Å². The van der Waals surface area contributed by atoms with E-state index in [4.69, 9.17) is 0 Å². The molecular weight excluding hydrogens is 440 g/mol. The number of piperazine rings is 1. The van der Waals surface area contributed by atoms with Crippen molar-refractivity contribution in [3.63, 3.8) is 0 Å². The van der Waals surface area contributed by atoms with Crippen LogP contribution >= 0.6 is 11.3 Å². The zero-order valence-corrected chi connectivity index (χ0v) is 20.7. The Morgan fingerprint density at radius 2 is 1.97 bits per heavy atom. The van der Waals surface area contributed by atoms with Crippen molar-refractivity contribution in [2.24, 2.45) is 0 Å². The molecule has 0 aliphatic carbocycles. The third kappa shape index (κ3) is 4.88. The van der Waals surface area contributed by atoms with Gasteiger partial charge in [0.05, 0.1) is 10.9 Å². The van der Waals surface area contributed by atoms with Crippen molar-refractivity contribution in [3.05, 3.63) is 77.3 Å². The lowest BCUT2D eigenvalue weighted by Gasteiger charge is -2.34. The van der Waals surface area contributed by atoms with Crippen LogP contribution in [0.4, 0.5) is 5.69 Å². The number of nitrogens with one attached hydrogen (secondary N) is 2. The van der Waals surface area contributed by atoms with Crippen LogP contribution in [0.25, 0.3) is 21.0 Å². The lowest BCUT2D eigenvalue weighted by atomic mass is 10.0.